The van der Waals surface area contributed by atoms with Crippen molar-refractivity contribution in [2.75, 3.05) is 6.61 Å². The maximum Gasteiger partial charge on any atom is 0.263 e. The molecule has 2 aromatic heterocycles. The molecule has 2 heterocycles. The van der Waals surface area contributed by atoms with E-state index >= 15 is 0 Å². The number of aryl methyl sites for hydroxylation is 1. The number of pyridine rings is 1. The van der Waals surface area contributed by atoms with Gasteiger partial charge in [-0.3, -0.25) is 9.78 Å². The number of aromatic nitrogens is 2. The molecule has 106 valence electrons. The molecular weight excluding hydrogens is 274 g/mol. The zero-order valence-corrected chi connectivity index (χ0v) is 12.5. The Kier molecular flexibility index (Phi) is 4.15. The number of carbonyl (C=O) groups excluding carboxylic acids is 1. The Morgan fingerprint density at radius 2 is 2.20 bits per heavy atom. The van der Waals surface area contributed by atoms with Gasteiger partial charge < -0.3 is 10.4 Å². The Hall–Kier alpha value is -1.79. The van der Waals surface area contributed by atoms with Gasteiger partial charge in [-0.15, -0.1) is 11.3 Å². The number of aliphatic hydroxyl groups is 1. The van der Waals surface area contributed by atoms with E-state index in [4.69, 9.17) is 0 Å². The second-order valence-corrected chi connectivity index (χ2v) is 6.14. The highest BCUT2D eigenvalue weighted by Gasteiger charge is 2.23. The number of nitrogens with zero attached hydrogens (tertiary/aromatic N) is 2. The van der Waals surface area contributed by atoms with Crippen LogP contribution in [-0.2, 0) is 0 Å². The SMILES string of the molecule is Cc1nc(-c2ccccn2)sc1C(=O)NC(C)(C)CO. The smallest absolute Gasteiger partial charge is 0.263 e. The summed E-state index contributed by atoms with van der Waals surface area (Å²) in [5.74, 6) is -0.221. The Bertz CT molecular complexity index is 608. The van der Waals surface area contributed by atoms with Crippen molar-refractivity contribution < 1.29 is 9.90 Å². The number of nitrogens with one attached hydrogen (secondary N) is 1. The third-order valence-corrected chi connectivity index (χ3v) is 3.91. The third-order valence-electron chi connectivity index (χ3n) is 2.73. The second-order valence-electron chi connectivity index (χ2n) is 5.14. The largest absolute Gasteiger partial charge is 0.394 e. The van der Waals surface area contributed by atoms with Crippen molar-refractivity contribution in [1.29, 1.82) is 0 Å². The van der Waals surface area contributed by atoms with Crippen LogP contribution in [0.4, 0.5) is 0 Å². The van der Waals surface area contributed by atoms with Crippen LogP contribution >= 0.6 is 11.3 Å². The summed E-state index contributed by atoms with van der Waals surface area (Å²) in [5, 5.41) is 12.7. The van der Waals surface area contributed by atoms with Crippen LogP contribution in [0.5, 0.6) is 0 Å². The molecule has 0 aliphatic rings. The minimum absolute atomic E-state index is 0.121. The van der Waals surface area contributed by atoms with E-state index in [1.807, 2.05) is 18.2 Å². The van der Waals surface area contributed by atoms with Crippen molar-refractivity contribution in [1.82, 2.24) is 15.3 Å². The molecule has 0 bridgehead atoms. The number of hydrogen-bond donors (Lipinski definition) is 2. The zero-order valence-electron chi connectivity index (χ0n) is 11.7. The molecule has 2 rings (SSSR count). The summed E-state index contributed by atoms with van der Waals surface area (Å²) >= 11 is 1.30. The predicted molar refractivity (Wildman–Crippen MR) is 78.7 cm³/mol. The number of amides is 1. The van der Waals surface area contributed by atoms with Crippen molar-refractivity contribution in [3.05, 3.63) is 35.0 Å². The lowest BCUT2D eigenvalue weighted by Crippen LogP contribution is -2.46. The maximum atomic E-state index is 12.2. The van der Waals surface area contributed by atoms with E-state index < -0.39 is 5.54 Å². The van der Waals surface area contributed by atoms with Gasteiger partial charge >= 0.3 is 0 Å². The van der Waals surface area contributed by atoms with E-state index in [0.29, 0.717) is 10.6 Å². The van der Waals surface area contributed by atoms with Crippen LogP contribution in [0, 0.1) is 6.92 Å². The summed E-state index contributed by atoms with van der Waals surface area (Å²) in [6.45, 7) is 5.20. The lowest BCUT2D eigenvalue weighted by atomic mass is 10.1. The van der Waals surface area contributed by atoms with Crippen molar-refractivity contribution in [2.45, 2.75) is 26.3 Å². The molecule has 2 N–H and O–H groups in total. The first-order valence-corrected chi connectivity index (χ1v) is 7.07. The average molecular weight is 291 g/mol. The quantitative estimate of drug-likeness (QED) is 0.903. The molecule has 0 aromatic carbocycles. The van der Waals surface area contributed by atoms with E-state index in [-0.39, 0.29) is 12.5 Å². The number of thiazole rings is 1. The van der Waals surface area contributed by atoms with Gasteiger partial charge in [0, 0.05) is 6.20 Å². The number of carbonyl (C=O) groups is 1. The van der Waals surface area contributed by atoms with E-state index in [1.54, 1.807) is 27.0 Å². The van der Waals surface area contributed by atoms with Crippen LogP contribution in [0.1, 0.15) is 29.2 Å². The Morgan fingerprint density at radius 1 is 1.45 bits per heavy atom. The molecule has 0 fully saturated rings. The molecule has 5 nitrogen and oxygen atoms in total. The summed E-state index contributed by atoms with van der Waals surface area (Å²) < 4.78 is 0. The van der Waals surface area contributed by atoms with Gasteiger partial charge in [0.1, 0.15) is 9.88 Å². The van der Waals surface area contributed by atoms with Crippen LogP contribution in [-0.4, -0.2) is 33.1 Å². The van der Waals surface area contributed by atoms with Crippen molar-refractivity contribution in [2.24, 2.45) is 0 Å². The normalized spacial score (nSPS) is 11.4. The lowest BCUT2D eigenvalue weighted by molar-refractivity contribution is 0.0872. The van der Waals surface area contributed by atoms with Crippen molar-refractivity contribution >= 4 is 17.2 Å². The highest BCUT2D eigenvalue weighted by molar-refractivity contribution is 7.17. The standard InChI is InChI=1S/C14H17N3O2S/c1-9-11(12(19)17-14(2,3)8-18)20-13(16-9)10-6-4-5-7-15-10/h4-7,18H,8H2,1-3H3,(H,17,19). The summed E-state index contributed by atoms with van der Waals surface area (Å²) in [7, 11) is 0. The average Bonchev–Trinajstić information content (AvgIpc) is 2.81. The summed E-state index contributed by atoms with van der Waals surface area (Å²) in [6.07, 6.45) is 1.70. The molecule has 0 radical (unpaired) electrons. The molecule has 1 amide bonds. The van der Waals surface area contributed by atoms with Crippen LogP contribution in [0.25, 0.3) is 10.7 Å². The van der Waals surface area contributed by atoms with Crippen LogP contribution in [0.3, 0.4) is 0 Å². The van der Waals surface area contributed by atoms with Crippen LogP contribution in [0.15, 0.2) is 24.4 Å². The first-order valence-electron chi connectivity index (χ1n) is 6.25. The monoisotopic (exact) mass is 291 g/mol. The highest BCUT2D eigenvalue weighted by atomic mass is 32.1. The first kappa shape index (κ1) is 14.6. The minimum Gasteiger partial charge on any atom is -0.394 e. The van der Waals surface area contributed by atoms with Crippen LogP contribution < -0.4 is 5.32 Å². The van der Waals surface area contributed by atoms with E-state index in [0.717, 1.165) is 10.7 Å². The van der Waals surface area contributed by atoms with Gasteiger partial charge in [-0.25, -0.2) is 4.98 Å². The van der Waals surface area contributed by atoms with Gasteiger partial charge in [0.25, 0.3) is 5.91 Å². The fourth-order valence-corrected chi connectivity index (χ4v) is 2.55. The molecule has 0 aliphatic heterocycles. The fraction of sp³-hybridized carbons (Fsp3) is 0.357. The van der Waals surface area contributed by atoms with Gasteiger partial charge in [-0.1, -0.05) is 6.07 Å². The van der Waals surface area contributed by atoms with Gasteiger partial charge in [-0.05, 0) is 32.9 Å². The maximum absolute atomic E-state index is 12.2. The molecule has 0 unspecified atom stereocenters. The van der Waals surface area contributed by atoms with E-state index in [9.17, 15) is 9.90 Å². The van der Waals surface area contributed by atoms with Gasteiger partial charge in [0.2, 0.25) is 0 Å². The summed E-state index contributed by atoms with van der Waals surface area (Å²) in [4.78, 5) is 21.4. The number of aliphatic hydroxyl groups excluding tert-OH is 1. The molecule has 0 aliphatic carbocycles. The topological polar surface area (TPSA) is 75.1 Å². The number of hydrogen-bond acceptors (Lipinski definition) is 5. The van der Waals surface area contributed by atoms with Crippen molar-refractivity contribution in [3.63, 3.8) is 0 Å². The summed E-state index contributed by atoms with van der Waals surface area (Å²) in [6, 6.07) is 5.58. The molecule has 0 saturated carbocycles. The van der Waals surface area contributed by atoms with Gasteiger partial charge in [0.15, 0.2) is 0 Å². The van der Waals surface area contributed by atoms with Crippen molar-refractivity contribution in [3.8, 4) is 10.7 Å². The second kappa shape index (κ2) is 5.68. The molecule has 0 atom stereocenters. The van der Waals surface area contributed by atoms with E-state index in [2.05, 4.69) is 15.3 Å². The predicted octanol–water partition coefficient (Wildman–Crippen LogP) is 2.01. The molecule has 6 heteroatoms. The van der Waals surface area contributed by atoms with Gasteiger partial charge in [0.05, 0.1) is 23.5 Å². The highest BCUT2D eigenvalue weighted by Crippen LogP contribution is 2.26. The molecule has 2 aromatic rings. The molecule has 20 heavy (non-hydrogen) atoms. The fourth-order valence-electron chi connectivity index (χ4n) is 1.61. The van der Waals surface area contributed by atoms with Crippen LogP contribution in [0.2, 0.25) is 0 Å². The minimum atomic E-state index is -0.654. The third kappa shape index (κ3) is 3.20. The molecule has 0 saturated heterocycles. The van der Waals surface area contributed by atoms with E-state index in [1.165, 1.54) is 11.3 Å². The molecular formula is C14H17N3O2S. The number of rotatable bonds is 4. The lowest BCUT2D eigenvalue weighted by Gasteiger charge is -2.22. The Balaban J connectivity index is 2.26. The summed E-state index contributed by atoms with van der Waals surface area (Å²) in [5.41, 5.74) is 0.765. The first-order chi connectivity index (χ1) is 9.43. The Labute approximate surface area is 121 Å². The Morgan fingerprint density at radius 3 is 2.80 bits per heavy atom. The van der Waals surface area contributed by atoms with Gasteiger partial charge in [-0.2, -0.15) is 0 Å². The zero-order chi connectivity index (χ0) is 14.8. The molecule has 0 spiro atoms.